The minimum absolute atomic E-state index is 0.363. The zero-order valence-corrected chi connectivity index (χ0v) is 21.4. The molecule has 1 N–H and O–H groups in total. The van der Waals surface area contributed by atoms with Gasteiger partial charge >= 0.3 is 6.09 Å². The van der Waals surface area contributed by atoms with Crippen LogP contribution in [-0.2, 0) is 23.7 Å². The van der Waals surface area contributed by atoms with Crippen LogP contribution in [0, 0.1) is 0 Å². The van der Waals surface area contributed by atoms with E-state index in [0.717, 1.165) is 22.6 Å². The van der Waals surface area contributed by atoms with Gasteiger partial charge in [0.2, 0.25) is 6.29 Å². The maximum absolute atomic E-state index is 12.6. The molecule has 0 aliphatic carbocycles. The summed E-state index contributed by atoms with van der Waals surface area (Å²) < 4.78 is 33.1. The third kappa shape index (κ3) is 6.05. The minimum Gasteiger partial charge on any atom is -0.497 e. The van der Waals surface area contributed by atoms with Crippen LogP contribution in [0.25, 0.3) is 22.6 Å². The number of benzene rings is 2. The monoisotopic (exact) mass is 509 g/mol. The molecule has 2 aromatic carbocycles. The Hall–Kier alpha value is -3.57. The zero-order chi connectivity index (χ0) is 26.4. The van der Waals surface area contributed by atoms with Crippen LogP contribution in [0.4, 0.5) is 10.5 Å². The van der Waals surface area contributed by atoms with E-state index >= 15 is 0 Å². The highest BCUT2D eigenvalue weighted by atomic mass is 16.7. The Morgan fingerprint density at radius 2 is 1.49 bits per heavy atom. The van der Waals surface area contributed by atoms with E-state index in [2.05, 4.69) is 15.3 Å². The maximum Gasteiger partial charge on any atom is 0.414 e. The smallest absolute Gasteiger partial charge is 0.414 e. The standard InChI is InChI=1S/C27H31N3O7/c1-16-22(33-3)23(34-4)24(35-5)26(36-16)37-27(31)29-19-10-6-17(7-11-19)21-14-15-28-25(30-21)18-8-12-20(32-2)13-9-18/h6-16,22-24,26H,1-5H3,(H,29,31)/t16-,22-,23?,24+,26-/m0/s1. The molecule has 196 valence electrons. The zero-order valence-electron chi connectivity index (χ0n) is 21.4. The summed E-state index contributed by atoms with van der Waals surface area (Å²) in [5, 5.41) is 2.72. The first-order valence-electron chi connectivity index (χ1n) is 11.8. The molecule has 3 aromatic rings. The van der Waals surface area contributed by atoms with Gasteiger partial charge in [-0.25, -0.2) is 14.8 Å². The SMILES string of the molecule is COc1ccc(-c2nccc(-c3ccc(NC(=O)O[C@@H]4O[C@@H](C)[C@H](OC)C(OC)[C@H]4OC)cc3)n2)cc1. The Morgan fingerprint density at radius 3 is 2.11 bits per heavy atom. The number of carbonyl (C=O) groups excluding carboxylic acids is 1. The summed E-state index contributed by atoms with van der Waals surface area (Å²) in [6.45, 7) is 1.83. The predicted molar refractivity (Wildman–Crippen MR) is 136 cm³/mol. The second kappa shape index (κ2) is 12.1. The van der Waals surface area contributed by atoms with Crippen molar-refractivity contribution in [2.75, 3.05) is 33.8 Å². The number of carbonyl (C=O) groups is 1. The number of hydrogen-bond donors (Lipinski definition) is 1. The molecule has 1 amide bonds. The third-order valence-corrected chi connectivity index (χ3v) is 6.20. The number of methoxy groups -OCH3 is 4. The van der Waals surface area contributed by atoms with Gasteiger partial charge in [0.05, 0.1) is 18.9 Å². The summed E-state index contributed by atoms with van der Waals surface area (Å²) in [4.78, 5) is 21.7. The molecular formula is C27H31N3O7. The topological polar surface area (TPSA) is 110 Å². The molecule has 1 aromatic heterocycles. The first kappa shape index (κ1) is 26.5. The quantitative estimate of drug-likeness (QED) is 0.479. The molecule has 1 aliphatic rings. The van der Waals surface area contributed by atoms with Crippen molar-refractivity contribution in [1.29, 1.82) is 0 Å². The molecule has 1 saturated heterocycles. The van der Waals surface area contributed by atoms with Crippen molar-refractivity contribution < 1.29 is 33.2 Å². The van der Waals surface area contributed by atoms with E-state index in [1.807, 2.05) is 49.4 Å². The van der Waals surface area contributed by atoms with Gasteiger partial charge < -0.3 is 28.4 Å². The first-order valence-corrected chi connectivity index (χ1v) is 11.8. The van der Waals surface area contributed by atoms with Crippen molar-refractivity contribution in [3.63, 3.8) is 0 Å². The molecule has 0 bridgehead atoms. The molecule has 1 aliphatic heterocycles. The number of nitrogens with zero attached hydrogens (tertiary/aromatic N) is 2. The molecule has 0 radical (unpaired) electrons. The average molecular weight is 510 g/mol. The molecule has 4 rings (SSSR count). The van der Waals surface area contributed by atoms with Crippen molar-refractivity contribution in [3.8, 4) is 28.4 Å². The lowest BCUT2D eigenvalue weighted by molar-refractivity contribution is -0.288. The van der Waals surface area contributed by atoms with Gasteiger partial charge in [0, 0.05) is 44.3 Å². The van der Waals surface area contributed by atoms with Crippen LogP contribution in [0.5, 0.6) is 5.75 Å². The summed E-state index contributed by atoms with van der Waals surface area (Å²) >= 11 is 0. The van der Waals surface area contributed by atoms with E-state index in [0.29, 0.717) is 11.5 Å². The first-order chi connectivity index (χ1) is 18.0. The lowest BCUT2D eigenvalue weighted by atomic mass is 9.99. The summed E-state index contributed by atoms with van der Waals surface area (Å²) in [6, 6.07) is 16.6. The van der Waals surface area contributed by atoms with E-state index in [9.17, 15) is 4.79 Å². The van der Waals surface area contributed by atoms with Crippen LogP contribution in [0.2, 0.25) is 0 Å². The minimum atomic E-state index is -0.965. The summed E-state index contributed by atoms with van der Waals surface area (Å²) in [5.74, 6) is 1.37. The molecule has 0 saturated carbocycles. The Labute approximate surface area is 215 Å². The van der Waals surface area contributed by atoms with Gasteiger partial charge in [-0.15, -0.1) is 0 Å². The van der Waals surface area contributed by atoms with Crippen molar-refractivity contribution in [1.82, 2.24) is 9.97 Å². The fourth-order valence-corrected chi connectivity index (χ4v) is 4.29. The van der Waals surface area contributed by atoms with Gasteiger partial charge in [-0.1, -0.05) is 12.1 Å². The maximum atomic E-state index is 12.6. The molecule has 2 heterocycles. The molecule has 5 atom stereocenters. The second-order valence-corrected chi connectivity index (χ2v) is 8.41. The van der Waals surface area contributed by atoms with Crippen LogP contribution in [0.15, 0.2) is 60.8 Å². The van der Waals surface area contributed by atoms with E-state index in [1.54, 1.807) is 39.7 Å². The van der Waals surface area contributed by atoms with E-state index in [-0.39, 0.29) is 12.2 Å². The van der Waals surface area contributed by atoms with Gasteiger partial charge in [-0.05, 0) is 49.4 Å². The molecule has 1 fully saturated rings. The van der Waals surface area contributed by atoms with Crippen LogP contribution >= 0.6 is 0 Å². The Morgan fingerprint density at radius 1 is 0.838 bits per heavy atom. The van der Waals surface area contributed by atoms with Gasteiger partial charge in [-0.2, -0.15) is 0 Å². The average Bonchev–Trinajstić information content (AvgIpc) is 2.93. The predicted octanol–water partition coefficient (Wildman–Crippen LogP) is 4.16. The fourth-order valence-electron chi connectivity index (χ4n) is 4.29. The van der Waals surface area contributed by atoms with E-state index < -0.39 is 24.6 Å². The Bertz CT molecular complexity index is 1170. The van der Waals surface area contributed by atoms with Crippen molar-refractivity contribution in [3.05, 3.63) is 60.8 Å². The van der Waals surface area contributed by atoms with Crippen LogP contribution in [0.1, 0.15) is 6.92 Å². The van der Waals surface area contributed by atoms with Crippen molar-refractivity contribution in [2.24, 2.45) is 0 Å². The number of nitrogens with one attached hydrogen (secondary N) is 1. The molecule has 37 heavy (non-hydrogen) atoms. The molecular weight excluding hydrogens is 478 g/mol. The molecule has 1 unspecified atom stereocenters. The van der Waals surface area contributed by atoms with Crippen molar-refractivity contribution in [2.45, 2.75) is 37.6 Å². The number of aromatic nitrogens is 2. The van der Waals surface area contributed by atoms with E-state index in [1.165, 1.54) is 7.11 Å². The number of ether oxygens (including phenoxy) is 6. The summed E-state index contributed by atoms with van der Waals surface area (Å²) in [5.41, 5.74) is 3.05. The lowest BCUT2D eigenvalue weighted by Gasteiger charge is -2.43. The van der Waals surface area contributed by atoms with Gasteiger partial charge in [0.1, 0.15) is 24.1 Å². The summed E-state index contributed by atoms with van der Waals surface area (Å²) in [6.07, 6.45) is -1.78. The highest BCUT2D eigenvalue weighted by Crippen LogP contribution is 2.28. The number of rotatable bonds is 8. The normalized spacial score (nSPS) is 23.3. The second-order valence-electron chi connectivity index (χ2n) is 8.41. The molecule has 10 heteroatoms. The number of anilines is 1. The molecule has 10 nitrogen and oxygen atoms in total. The highest BCUT2D eigenvalue weighted by molar-refractivity contribution is 5.85. The highest BCUT2D eigenvalue weighted by Gasteiger charge is 2.47. The van der Waals surface area contributed by atoms with Crippen LogP contribution in [-0.4, -0.2) is 75.2 Å². The van der Waals surface area contributed by atoms with Crippen molar-refractivity contribution >= 4 is 11.8 Å². The lowest BCUT2D eigenvalue weighted by Crippen LogP contribution is -2.59. The van der Waals surface area contributed by atoms with Gasteiger partial charge in [0.15, 0.2) is 5.82 Å². The summed E-state index contributed by atoms with van der Waals surface area (Å²) in [7, 11) is 6.25. The number of amides is 1. The number of hydrogen-bond acceptors (Lipinski definition) is 9. The molecule has 0 spiro atoms. The van der Waals surface area contributed by atoms with Crippen LogP contribution < -0.4 is 10.1 Å². The Kier molecular flexibility index (Phi) is 8.67. The van der Waals surface area contributed by atoms with Gasteiger partial charge in [-0.3, -0.25) is 5.32 Å². The van der Waals surface area contributed by atoms with Crippen LogP contribution in [0.3, 0.4) is 0 Å². The Balaban J connectivity index is 1.41. The fraction of sp³-hybridized carbons (Fsp3) is 0.370. The largest absolute Gasteiger partial charge is 0.497 e. The van der Waals surface area contributed by atoms with E-state index in [4.69, 9.17) is 28.4 Å². The third-order valence-electron chi connectivity index (χ3n) is 6.20. The van der Waals surface area contributed by atoms with Gasteiger partial charge in [0.25, 0.3) is 0 Å².